The molecule has 0 aromatic heterocycles. The summed E-state index contributed by atoms with van der Waals surface area (Å²) in [6, 6.07) is 0. The van der Waals surface area contributed by atoms with Crippen LogP contribution in [0.5, 0.6) is 0 Å². The first-order chi connectivity index (χ1) is 9.11. The van der Waals surface area contributed by atoms with Crippen LogP contribution in [-0.2, 0) is 14.3 Å². The molecule has 20 heavy (non-hydrogen) atoms. The quantitative estimate of drug-likeness (QED) is 0.579. The van der Waals surface area contributed by atoms with Gasteiger partial charge in [0, 0.05) is 0 Å². The number of carbonyl (C=O) groups is 1. The molecule has 0 spiro atoms. The minimum absolute atomic E-state index is 0.113. The van der Waals surface area contributed by atoms with Crippen LogP contribution >= 0.6 is 0 Å². The Hall–Kier alpha value is -1.04. The first-order valence-electron chi connectivity index (χ1n) is 6.76. The van der Waals surface area contributed by atoms with Crippen molar-refractivity contribution >= 4 is 5.97 Å². The molecule has 3 aliphatic rings. The molecule has 0 N–H and O–H groups in total. The highest BCUT2D eigenvalue weighted by atomic mass is 19.4. The first kappa shape index (κ1) is 13.9. The van der Waals surface area contributed by atoms with Crippen LogP contribution < -0.4 is 0 Å². The van der Waals surface area contributed by atoms with Crippen LogP contribution in [-0.4, -0.2) is 30.0 Å². The first-order valence-corrected chi connectivity index (χ1v) is 6.76. The van der Waals surface area contributed by atoms with E-state index in [-0.39, 0.29) is 17.6 Å². The number of halogens is 3. The standard InChI is InChI=1S/C14H17F3O3/c1-6(14(15,16)17)12(18)19-10-7-4-8-9(5-7)13(2,3)20-11(8)10/h7-11H,1,4-5H2,2-3H3. The van der Waals surface area contributed by atoms with Gasteiger partial charge in [-0.05, 0) is 44.4 Å². The fourth-order valence-corrected chi connectivity index (χ4v) is 4.12. The van der Waals surface area contributed by atoms with Crippen molar-refractivity contribution in [3.8, 4) is 0 Å². The van der Waals surface area contributed by atoms with Crippen molar-refractivity contribution in [1.29, 1.82) is 0 Å². The second kappa shape index (κ2) is 4.00. The lowest BCUT2D eigenvalue weighted by Gasteiger charge is -2.27. The van der Waals surface area contributed by atoms with Crippen molar-refractivity contribution in [2.24, 2.45) is 17.8 Å². The van der Waals surface area contributed by atoms with Crippen molar-refractivity contribution in [3.63, 3.8) is 0 Å². The van der Waals surface area contributed by atoms with Gasteiger partial charge in [-0.2, -0.15) is 13.2 Å². The van der Waals surface area contributed by atoms with Crippen LogP contribution in [0.2, 0.25) is 0 Å². The Morgan fingerprint density at radius 3 is 2.60 bits per heavy atom. The SMILES string of the molecule is C=C(C(=O)OC1C2CC3C1OC(C)(C)C3C2)C(F)(F)F. The zero-order valence-corrected chi connectivity index (χ0v) is 11.4. The van der Waals surface area contributed by atoms with E-state index in [1.165, 1.54) is 0 Å². The van der Waals surface area contributed by atoms with Crippen molar-refractivity contribution < 1.29 is 27.4 Å². The van der Waals surface area contributed by atoms with E-state index in [0.717, 1.165) is 12.8 Å². The van der Waals surface area contributed by atoms with Crippen LogP contribution in [0.25, 0.3) is 0 Å². The van der Waals surface area contributed by atoms with E-state index in [0.29, 0.717) is 11.8 Å². The Labute approximate surface area is 115 Å². The topological polar surface area (TPSA) is 35.5 Å². The van der Waals surface area contributed by atoms with Gasteiger partial charge in [-0.3, -0.25) is 0 Å². The zero-order valence-electron chi connectivity index (χ0n) is 11.4. The molecular formula is C14H17F3O3. The Bertz CT molecular complexity index is 469. The van der Waals surface area contributed by atoms with Crippen LogP contribution in [0.1, 0.15) is 26.7 Å². The molecule has 1 saturated heterocycles. The fraction of sp³-hybridized carbons (Fsp3) is 0.786. The van der Waals surface area contributed by atoms with Crippen LogP contribution in [0.15, 0.2) is 12.2 Å². The molecule has 2 bridgehead atoms. The van der Waals surface area contributed by atoms with Crippen LogP contribution in [0, 0.1) is 17.8 Å². The van der Waals surface area contributed by atoms with Gasteiger partial charge in [0.2, 0.25) is 0 Å². The van der Waals surface area contributed by atoms with Crippen LogP contribution in [0.3, 0.4) is 0 Å². The number of hydrogen-bond acceptors (Lipinski definition) is 3. The monoisotopic (exact) mass is 290 g/mol. The smallest absolute Gasteiger partial charge is 0.422 e. The molecule has 3 fully saturated rings. The molecule has 2 saturated carbocycles. The van der Waals surface area contributed by atoms with Gasteiger partial charge in [-0.25, -0.2) is 4.79 Å². The highest BCUT2D eigenvalue weighted by Crippen LogP contribution is 2.60. The number of esters is 1. The Morgan fingerprint density at radius 2 is 2.00 bits per heavy atom. The van der Waals surface area contributed by atoms with Crippen molar-refractivity contribution in [3.05, 3.63) is 12.2 Å². The molecule has 0 aromatic carbocycles. The molecule has 5 atom stereocenters. The molecule has 1 aliphatic heterocycles. The molecule has 2 aliphatic carbocycles. The molecule has 0 aromatic rings. The van der Waals surface area contributed by atoms with Gasteiger partial charge >= 0.3 is 12.1 Å². The molecule has 3 nitrogen and oxygen atoms in total. The summed E-state index contributed by atoms with van der Waals surface area (Å²) in [5, 5.41) is 0. The summed E-state index contributed by atoms with van der Waals surface area (Å²) in [6.45, 7) is 6.76. The maximum atomic E-state index is 12.4. The summed E-state index contributed by atoms with van der Waals surface area (Å²) >= 11 is 0. The van der Waals surface area contributed by atoms with Gasteiger partial charge in [-0.15, -0.1) is 0 Å². The van der Waals surface area contributed by atoms with E-state index >= 15 is 0 Å². The third-order valence-corrected chi connectivity index (χ3v) is 5.02. The Morgan fingerprint density at radius 1 is 1.35 bits per heavy atom. The van der Waals surface area contributed by atoms with E-state index in [1.54, 1.807) is 0 Å². The number of fused-ring (bicyclic) bond motifs is 1. The lowest BCUT2D eigenvalue weighted by molar-refractivity contribution is -0.165. The molecule has 0 radical (unpaired) electrons. The zero-order chi connectivity index (χ0) is 14.9. The average molecular weight is 290 g/mol. The molecule has 112 valence electrons. The van der Waals surface area contributed by atoms with E-state index in [9.17, 15) is 18.0 Å². The van der Waals surface area contributed by atoms with Gasteiger partial charge < -0.3 is 9.47 Å². The average Bonchev–Trinajstić information content (AvgIpc) is 2.90. The van der Waals surface area contributed by atoms with Crippen molar-refractivity contribution in [2.75, 3.05) is 0 Å². The summed E-state index contributed by atoms with van der Waals surface area (Å²) in [6.07, 6.45) is -3.85. The van der Waals surface area contributed by atoms with Crippen molar-refractivity contribution in [1.82, 2.24) is 0 Å². The summed E-state index contributed by atoms with van der Waals surface area (Å²) in [7, 11) is 0. The van der Waals surface area contributed by atoms with Gasteiger partial charge in [0.15, 0.2) is 0 Å². The maximum absolute atomic E-state index is 12.4. The predicted octanol–water partition coefficient (Wildman–Crippen LogP) is 2.85. The second-order valence-corrected chi connectivity index (χ2v) is 6.53. The van der Waals surface area contributed by atoms with Gasteiger partial charge in [-0.1, -0.05) is 6.58 Å². The summed E-state index contributed by atoms with van der Waals surface area (Å²) in [5.74, 6) is -0.549. The number of alkyl halides is 3. The van der Waals surface area contributed by atoms with Crippen LogP contribution in [0.4, 0.5) is 13.2 Å². The third-order valence-electron chi connectivity index (χ3n) is 5.02. The van der Waals surface area contributed by atoms with E-state index in [1.807, 2.05) is 13.8 Å². The highest BCUT2D eigenvalue weighted by Gasteiger charge is 2.65. The lowest BCUT2D eigenvalue weighted by Crippen LogP contribution is -2.37. The second-order valence-electron chi connectivity index (χ2n) is 6.53. The largest absolute Gasteiger partial charge is 0.456 e. The van der Waals surface area contributed by atoms with Gasteiger partial charge in [0.25, 0.3) is 0 Å². The third kappa shape index (κ3) is 1.88. The van der Waals surface area contributed by atoms with E-state index in [4.69, 9.17) is 9.47 Å². The summed E-state index contributed by atoms with van der Waals surface area (Å²) in [5.41, 5.74) is -1.74. The number of hydrogen-bond donors (Lipinski definition) is 0. The summed E-state index contributed by atoms with van der Waals surface area (Å²) in [4.78, 5) is 11.6. The van der Waals surface area contributed by atoms with E-state index in [2.05, 4.69) is 6.58 Å². The highest BCUT2D eigenvalue weighted by molar-refractivity contribution is 5.89. The minimum Gasteiger partial charge on any atom is -0.456 e. The molecule has 5 unspecified atom stereocenters. The summed E-state index contributed by atoms with van der Waals surface area (Å²) < 4.78 is 48.3. The maximum Gasteiger partial charge on any atom is 0.422 e. The molecule has 6 heteroatoms. The Kier molecular flexibility index (Phi) is 2.78. The Balaban J connectivity index is 1.72. The molecule has 1 heterocycles. The number of rotatable bonds is 2. The predicted molar refractivity (Wildman–Crippen MR) is 63.7 cm³/mol. The van der Waals surface area contributed by atoms with Gasteiger partial charge in [0.05, 0.1) is 11.7 Å². The lowest BCUT2D eigenvalue weighted by atomic mass is 9.80. The number of ether oxygens (including phenoxy) is 2. The fourth-order valence-electron chi connectivity index (χ4n) is 4.12. The van der Waals surface area contributed by atoms with E-state index < -0.39 is 23.8 Å². The number of carbonyl (C=O) groups excluding carboxylic acids is 1. The minimum atomic E-state index is -4.74. The molecule has 0 amide bonds. The molecular weight excluding hydrogens is 273 g/mol. The van der Waals surface area contributed by atoms with Crippen molar-refractivity contribution in [2.45, 2.75) is 50.7 Å². The van der Waals surface area contributed by atoms with Gasteiger partial charge in [0.1, 0.15) is 11.7 Å². The molecule has 3 rings (SSSR count). The normalized spacial score (nSPS) is 41.0.